The largest absolute Gasteiger partial charge is 0.345 e. The Kier molecular flexibility index (Phi) is 3.57. The van der Waals surface area contributed by atoms with Gasteiger partial charge in [-0.3, -0.25) is 0 Å². The number of hydrogen-bond acceptors (Lipinski definition) is 4. The van der Waals surface area contributed by atoms with E-state index in [-0.39, 0.29) is 0 Å². The zero-order valence-electron chi connectivity index (χ0n) is 11.4. The minimum atomic E-state index is 0.485. The van der Waals surface area contributed by atoms with Gasteiger partial charge in [0.2, 0.25) is 0 Å². The van der Waals surface area contributed by atoms with Crippen molar-refractivity contribution in [3.05, 3.63) is 10.6 Å². The van der Waals surface area contributed by atoms with Crippen LogP contribution in [-0.2, 0) is 6.42 Å². The van der Waals surface area contributed by atoms with Crippen LogP contribution in [0.15, 0.2) is 0 Å². The zero-order valence-corrected chi connectivity index (χ0v) is 12.2. The molecule has 3 rings (SSSR count). The molecule has 0 saturated carbocycles. The van der Waals surface area contributed by atoms with Crippen LogP contribution >= 0.6 is 11.3 Å². The fourth-order valence-electron chi connectivity index (χ4n) is 3.19. The zero-order chi connectivity index (χ0) is 12.5. The molecule has 0 spiro atoms. The fourth-order valence-corrected chi connectivity index (χ4v) is 4.48. The van der Waals surface area contributed by atoms with Gasteiger partial charge in [0.05, 0.1) is 11.7 Å². The number of nitrogens with zero attached hydrogens (tertiary/aromatic N) is 2. The fraction of sp³-hybridized carbons (Fsp3) is 0.786. The summed E-state index contributed by atoms with van der Waals surface area (Å²) >= 11 is 1.94. The van der Waals surface area contributed by atoms with Crippen molar-refractivity contribution >= 4 is 16.5 Å². The van der Waals surface area contributed by atoms with E-state index in [9.17, 15) is 0 Å². The van der Waals surface area contributed by atoms with Gasteiger partial charge in [-0.2, -0.15) is 0 Å². The number of rotatable bonds is 2. The van der Waals surface area contributed by atoms with Crippen molar-refractivity contribution < 1.29 is 0 Å². The smallest absolute Gasteiger partial charge is 0.186 e. The van der Waals surface area contributed by atoms with Crippen LogP contribution in [-0.4, -0.2) is 24.6 Å². The number of piperidine rings is 1. The maximum atomic E-state index is 4.96. The molecule has 1 aliphatic heterocycles. The number of thiazole rings is 1. The van der Waals surface area contributed by atoms with E-state index in [1.807, 2.05) is 11.3 Å². The van der Waals surface area contributed by atoms with Crippen molar-refractivity contribution in [3.63, 3.8) is 0 Å². The SMILES string of the molecule is CNC1CCCc2sc(N3CCCCC3C)nc21. The minimum absolute atomic E-state index is 0.485. The Bertz CT molecular complexity index is 415. The van der Waals surface area contributed by atoms with Crippen molar-refractivity contribution in [2.45, 2.75) is 57.5 Å². The molecule has 1 aliphatic carbocycles. The van der Waals surface area contributed by atoms with Gasteiger partial charge in [-0.1, -0.05) is 0 Å². The normalized spacial score (nSPS) is 28.2. The maximum Gasteiger partial charge on any atom is 0.186 e. The van der Waals surface area contributed by atoms with Crippen molar-refractivity contribution in [3.8, 4) is 0 Å². The Balaban J connectivity index is 1.87. The van der Waals surface area contributed by atoms with Crippen molar-refractivity contribution in [1.29, 1.82) is 0 Å². The Morgan fingerprint density at radius 2 is 2.17 bits per heavy atom. The van der Waals surface area contributed by atoms with E-state index in [1.54, 1.807) is 0 Å². The summed E-state index contributed by atoms with van der Waals surface area (Å²) in [6, 6.07) is 1.15. The highest BCUT2D eigenvalue weighted by molar-refractivity contribution is 7.15. The quantitative estimate of drug-likeness (QED) is 0.890. The average molecular weight is 265 g/mol. The van der Waals surface area contributed by atoms with Gasteiger partial charge in [0.25, 0.3) is 0 Å². The van der Waals surface area contributed by atoms with Gasteiger partial charge in [0.1, 0.15) is 0 Å². The molecule has 18 heavy (non-hydrogen) atoms. The molecule has 0 radical (unpaired) electrons. The number of aryl methyl sites for hydroxylation is 1. The Morgan fingerprint density at radius 1 is 1.28 bits per heavy atom. The van der Waals surface area contributed by atoms with Gasteiger partial charge in [-0.15, -0.1) is 11.3 Å². The predicted octanol–water partition coefficient (Wildman–Crippen LogP) is 3.12. The van der Waals surface area contributed by atoms with Crippen molar-refractivity contribution in [1.82, 2.24) is 10.3 Å². The Labute approximate surface area is 114 Å². The molecule has 1 saturated heterocycles. The summed E-state index contributed by atoms with van der Waals surface area (Å²) in [6.07, 6.45) is 7.79. The standard InChI is InChI=1S/C14H23N3S/c1-10-6-3-4-9-17(10)14-16-13-11(15-2)7-5-8-12(13)18-14/h10-11,15H,3-9H2,1-2H3. The average Bonchev–Trinajstić information content (AvgIpc) is 2.82. The molecule has 2 unspecified atom stereocenters. The van der Waals surface area contributed by atoms with Gasteiger partial charge in [-0.25, -0.2) is 4.98 Å². The van der Waals surface area contributed by atoms with Crippen LogP contribution in [0.5, 0.6) is 0 Å². The van der Waals surface area contributed by atoms with Gasteiger partial charge in [-0.05, 0) is 52.5 Å². The van der Waals surface area contributed by atoms with E-state index in [0.29, 0.717) is 12.1 Å². The molecule has 1 aromatic heterocycles. The van der Waals surface area contributed by atoms with Gasteiger partial charge >= 0.3 is 0 Å². The third-order valence-corrected chi connectivity index (χ3v) is 5.51. The molecule has 0 amide bonds. The summed E-state index contributed by atoms with van der Waals surface area (Å²) in [5, 5.41) is 4.69. The molecule has 2 atom stereocenters. The maximum absolute atomic E-state index is 4.96. The van der Waals surface area contributed by atoms with E-state index in [2.05, 4.69) is 24.2 Å². The summed E-state index contributed by atoms with van der Waals surface area (Å²) in [7, 11) is 2.06. The van der Waals surface area contributed by atoms with E-state index in [1.165, 1.54) is 60.8 Å². The second kappa shape index (κ2) is 5.17. The lowest BCUT2D eigenvalue weighted by Crippen LogP contribution is -2.37. The topological polar surface area (TPSA) is 28.2 Å². The molecule has 4 heteroatoms. The highest BCUT2D eigenvalue weighted by Gasteiger charge is 2.27. The minimum Gasteiger partial charge on any atom is -0.345 e. The molecule has 1 fully saturated rings. The lowest BCUT2D eigenvalue weighted by Gasteiger charge is -2.33. The number of aromatic nitrogens is 1. The van der Waals surface area contributed by atoms with Crippen LogP contribution in [0.2, 0.25) is 0 Å². The molecule has 2 heterocycles. The first-order valence-electron chi connectivity index (χ1n) is 7.23. The summed E-state index contributed by atoms with van der Waals surface area (Å²) in [5.74, 6) is 0. The lowest BCUT2D eigenvalue weighted by molar-refractivity contribution is 0.476. The summed E-state index contributed by atoms with van der Waals surface area (Å²) in [4.78, 5) is 9.01. The van der Waals surface area contributed by atoms with E-state index >= 15 is 0 Å². The van der Waals surface area contributed by atoms with Gasteiger partial charge in [0, 0.05) is 17.5 Å². The molecule has 3 nitrogen and oxygen atoms in total. The first-order valence-corrected chi connectivity index (χ1v) is 8.04. The highest BCUT2D eigenvalue weighted by Crippen LogP contribution is 2.38. The molecule has 100 valence electrons. The number of hydrogen-bond donors (Lipinski definition) is 1. The summed E-state index contributed by atoms with van der Waals surface area (Å²) < 4.78 is 0. The van der Waals surface area contributed by atoms with E-state index in [0.717, 1.165) is 0 Å². The molecular formula is C14H23N3S. The first-order chi connectivity index (χ1) is 8.79. The number of fused-ring (bicyclic) bond motifs is 1. The van der Waals surface area contributed by atoms with Crippen molar-refractivity contribution in [2.75, 3.05) is 18.5 Å². The molecule has 2 aliphatic rings. The summed E-state index contributed by atoms with van der Waals surface area (Å²) in [5.41, 5.74) is 1.33. The third kappa shape index (κ3) is 2.16. The second-order valence-electron chi connectivity index (χ2n) is 5.58. The highest BCUT2D eigenvalue weighted by atomic mass is 32.1. The van der Waals surface area contributed by atoms with Gasteiger partial charge in [0.15, 0.2) is 5.13 Å². The van der Waals surface area contributed by atoms with Crippen LogP contribution in [0.25, 0.3) is 0 Å². The molecule has 0 bridgehead atoms. The lowest BCUT2D eigenvalue weighted by atomic mass is 9.98. The Morgan fingerprint density at radius 3 is 2.94 bits per heavy atom. The number of anilines is 1. The van der Waals surface area contributed by atoms with Crippen molar-refractivity contribution in [2.24, 2.45) is 0 Å². The third-order valence-electron chi connectivity index (χ3n) is 4.34. The second-order valence-corrected chi connectivity index (χ2v) is 6.64. The number of nitrogens with one attached hydrogen (secondary N) is 1. The molecule has 1 N–H and O–H groups in total. The molecule has 0 aromatic carbocycles. The van der Waals surface area contributed by atoms with E-state index in [4.69, 9.17) is 4.98 Å². The van der Waals surface area contributed by atoms with Crippen LogP contribution in [0.3, 0.4) is 0 Å². The monoisotopic (exact) mass is 265 g/mol. The van der Waals surface area contributed by atoms with Crippen LogP contribution < -0.4 is 10.2 Å². The van der Waals surface area contributed by atoms with Crippen LogP contribution in [0.4, 0.5) is 5.13 Å². The predicted molar refractivity (Wildman–Crippen MR) is 77.5 cm³/mol. The van der Waals surface area contributed by atoms with Crippen LogP contribution in [0, 0.1) is 0 Å². The van der Waals surface area contributed by atoms with E-state index < -0.39 is 0 Å². The molecule has 1 aromatic rings. The molecular weight excluding hydrogens is 242 g/mol. The Hall–Kier alpha value is -0.610. The van der Waals surface area contributed by atoms with Crippen LogP contribution in [0.1, 0.15) is 55.6 Å². The first kappa shape index (κ1) is 12.4. The van der Waals surface area contributed by atoms with Gasteiger partial charge < -0.3 is 10.2 Å². The summed E-state index contributed by atoms with van der Waals surface area (Å²) in [6.45, 7) is 3.53.